The average molecular weight is 355 g/mol. The molecule has 10 heteroatoms. The highest BCUT2D eigenvalue weighted by atomic mass is 19.4. The normalized spacial score (nSPS) is 11.0. The van der Waals surface area contributed by atoms with Crippen molar-refractivity contribution in [2.45, 2.75) is 6.18 Å². The predicted octanol–water partition coefficient (Wildman–Crippen LogP) is 1.59. The van der Waals surface area contributed by atoms with Crippen LogP contribution in [0.3, 0.4) is 0 Å². The molecule has 25 heavy (non-hydrogen) atoms. The van der Waals surface area contributed by atoms with Gasteiger partial charge in [0.1, 0.15) is 0 Å². The van der Waals surface area contributed by atoms with Gasteiger partial charge in [0.15, 0.2) is 12.3 Å². The summed E-state index contributed by atoms with van der Waals surface area (Å²) in [6.45, 7) is -0.662. The number of nitrogens with one attached hydrogen (secondary N) is 1. The highest BCUT2D eigenvalue weighted by Gasteiger charge is 2.30. The number of aromatic nitrogens is 2. The highest BCUT2D eigenvalue weighted by Crippen LogP contribution is 2.29. The van der Waals surface area contributed by atoms with Crippen molar-refractivity contribution in [1.29, 1.82) is 0 Å². The second-order valence-corrected chi connectivity index (χ2v) is 4.88. The zero-order valence-electron chi connectivity index (χ0n) is 12.8. The maximum absolute atomic E-state index is 12.4. The molecule has 0 aliphatic carbocycles. The van der Waals surface area contributed by atoms with Crippen LogP contribution in [0, 0.1) is 0 Å². The first-order valence-corrected chi connectivity index (χ1v) is 6.85. The average Bonchev–Trinajstić information content (AvgIpc) is 2.55. The largest absolute Gasteiger partial charge is 0.451 e. The van der Waals surface area contributed by atoms with Crippen LogP contribution in [-0.4, -0.2) is 28.3 Å². The fourth-order valence-corrected chi connectivity index (χ4v) is 1.76. The predicted molar refractivity (Wildman–Crippen MR) is 79.8 cm³/mol. The molecule has 1 aromatic carbocycles. The summed E-state index contributed by atoms with van der Waals surface area (Å²) in [5.41, 5.74) is -1.31. The molecule has 0 bridgehead atoms. The van der Waals surface area contributed by atoms with Gasteiger partial charge in [0, 0.05) is 18.8 Å². The molecule has 0 saturated carbocycles. The van der Waals surface area contributed by atoms with E-state index < -0.39 is 35.8 Å². The third-order valence-corrected chi connectivity index (χ3v) is 3.00. The fourth-order valence-electron chi connectivity index (χ4n) is 1.76. The quantitative estimate of drug-likeness (QED) is 0.842. The molecule has 1 amide bonds. The van der Waals surface area contributed by atoms with Gasteiger partial charge in [-0.1, -0.05) is 0 Å². The third kappa shape index (κ3) is 4.90. The van der Waals surface area contributed by atoms with Crippen LogP contribution in [0.1, 0.15) is 16.1 Å². The molecule has 1 N–H and O–H groups in total. The van der Waals surface area contributed by atoms with E-state index in [0.717, 1.165) is 41.1 Å². The monoisotopic (exact) mass is 355 g/mol. The van der Waals surface area contributed by atoms with E-state index in [0.29, 0.717) is 0 Å². The summed E-state index contributed by atoms with van der Waals surface area (Å²) in [5.74, 6) is -1.66. The van der Waals surface area contributed by atoms with E-state index in [1.54, 1.807) is 0 Å². The minimum atomic E-state index is -4.47. The molecule has 2 rings (SSSR count). The van der Waals surface area contributed by atoms with E-state index in [2.05, 4.69) is 10.4 Å². The Morgan fingerprint density at radius 3 is 2.36 bits per heavy atom. The Balaban J connectivity index is 1.91. The molecule has 7 nitrogen and oxygen atoms in total. The second kappa shape index (κ2) is 7.16. The number of carbonyl (C=O) groups excluding carboxylic acids is 2. The molecule has 0 fully saturated rings. The molecule has 0 unspecified atom stereocenters. The minimum absolute atomic E-state index is 0.120. The maximum Gasteiger partial charge on any atom is 0.416 e. The number of alkyl halides is 3. The van der Waals surface area contributed by atoms with Gasteiger partial charge < -0.3 is 10.1 Å². The number of anilines is 1. The Bertz CT molecular complexity index is 844. The Morgan fingerprint density at radius 2 is 1.80 bits per heavy atom. The number of carbonyl (C=O) groups is 2. The van der Waals surface area contributed by atoms with Crippen LogP contribution in [0.4, 0.5) is 18.9 Å². The Kier molecular flexibility index (Phi) is 5.20. The molecule has 0 radical (unpaired) electrons. The Morgan fingerprint density at radius 1 is 1.16 bits per heavy atom. The van der Waals surface area contributed by atoms with E-state index in [4.69, 9.17) is 4.74 Å². The molecule has 0 aliphatic heterocycles. The van der Waals surface area contributed by atoms with Gasteiger partial charge in [-0.25, -0.2) is 9.48 Å². The lowest BCUT2D eigenvalue weighted by Crippen LogP contribution is -2.24. The fraction of sp³-hybridized carbons (Fsp3) is 0.200. The van der Waals surface area contributed by atoms with Crippen LogP contribution in [0.5, 0.6) is 0 Å². The van der Waals surface area contributed by atoms with Gasteiger partial charge in [-0.15, -0.1) is 0 Å². The first-order chi connectivity index (χ1) is 11.7. The van der Waals surface area contributed by atoms with Crippen molar-refractivity contribution >= 4 is 17.6 Å². The van der Waals surface area contributed by atoms with Crippen molar-refractivity contribution in [2.24, 2.45) is 7.05 Å². The van der Waals surface area contributed by atoms with Crippen LogP contribution >= 0.6 is 0 Å². The summed E-state index contributed by atoms with van der Waals surface area (Å²) < 4.78 is 43.0. The molecule has 0 aliphatic rings. The molecule has 2 aromatic rings. The minimum Gasteiger partial charge on any atom is -0.451 e. The van der Waals surface area contributed by atoms with Crippen molar-refractivity contribution in [1.82, 2.24) is 9.78 Å². The molecule has 1 heterocycles. The first kappa shape index (κ1) is 18.2. The summed E-state index contributed by atoms with van der Waals surface area (Å²) in [6.07, 6.45) is -4.47. The molecular weight excluding hydrogens is 343 g/mol. The van der Waals surface area contributed by atoms with Crippen molar-refractivity contribution in [3.05, 3.63) is 58.0 Å². The number of aryl methyl sites for hydroxylation is 1. The molecule has 132 valence electrons. The molecule has 0 spiro atoms. The maximum atomic E-state index is 12.4. The van der Waals surface area contributed by atoms with Crippen molar-refractivity contribution in [2.75, 3.05) is 11.9 Å². The molecule has 0 atom stereocenters. The number of hydrogen-bond donors (Lipinski definition) is 1. The number of ether oxygens (including phenoxy) is 1. The number of nitrogens with zero attached hydrogens (tertiary/aromatic N) is 2. The van der Waals surface area contributed by atoms with Gasteiger partial charge in [-0.3, -0.25) is 9.59 Å². The van der Waals surface area contributed by atoms with Crippen molar-refractivity contribution in [3.8, 4) is 0 Å². The highest BCUT2D eigenvalue weighted by molar-refractivity contribution is 5.94. The third-order valence-electron chi connectivity index (χ3n) is 3.00. The van der Waals surface area contributed by atoms with Gasteiger partial charge in [-0.2, -0.15) is 18.3 Å². The van der Waals surface area contributed by atoms with Crippen LogP contribution in [0.15, 0.2) is 41.2 Å². The summed E-state index contributed by atoms with van der Waals surface area (Å²) >= 11 is 0. The summed E-state index contributed by atoms with van der Waals surface area (Å²) in [7, 11) is 1.34. The summed E-state index contributed by atoms with van der Waals surface area (Å²) in [6, 6.07) is 6.06. The smallest absolute Gasteiger partial charge is 0.416 e. The summed E-state index contributed by atoms with van der Waals surface area (Å²) in [5, 5.41) is 5.95. The van der Waals surface area contributed by atoms with Crippen molar-refractivity contribution in [3.63, 3.8) is 0 Å². The number of amides is 1. The van der Waals surface area contributed by atoms with E-state index >= 15 is 0 Å². The zero-order chi connectivity index (χ0) is 18.6. The number of rotatable bonds is 4. The lowest BCUT2D eigenvalue weighted by atomic mass is 10.2. The zero-order valence-corrected chi connectivity index (χ0v) is 12.8. The van der Waals surface area contributed by atoms with Crippen LogP contribution < -0.4 is 10.9 Å². The topological polar surface area (TPSA) is 90.3 Å². The van der Waals surface area contributed by atoms with Gasteiger partial charge in [0.2, 0.25) is 0 Å². The van der Waals surface area contributed by atoms with E-state index in [9.17, 15) is 27.6 Å². The lowest BCUT2D eigenvalue weighted by molar-refractivity contribution is -0.137. The Hall–Kier alpha value is -3.17. The number of hydrogen-bond acceptors (Lipinski definition) is 5. The lowest BCUT2D eigenvalue weighted by Gasteiger charge is -2.09. The van der Waals surface area contributed by atoms with E-state index in [1.165, 1.54) is 7.05 Å². The van der Waals surface area contributed by atoms with Gasteiger partial charge >= 0.3 is 12.1 Å². The molecule has 1 aromatic heterocycles. The number of halogens is 3. The van der Waals surface area contributed by atoms with Crippen LogP contribution in [-0.2, 0) is 22.8 Å². The summed E-state index contributed by atoms with van der Waals surface area (Å²) in [4.78, 5) is 34.5. The number of benzene rings is 1. The van der Waals surface area contributed by atoms with Gasteiger partial charge in [0.25, 0.3) is 11.5 Å². The van der Waals surface area contributed by atoms with Crippen LogP contribution in [0.2, 0.25) is 0 Å². The van der Waals surface area contributed by atoms with Gasteiger partial charge in [-0.05, 0) is 30.3 Å². The Labute approximate surface area is 139 Å². The van der Waals surface area contributed by atoms with E-state index in [1.807, 2.05) is 0 Å². The van der Waals surface area contributed by atoms with Crippen molar-refractivity contribution < 1.29 is 27.5 Å². The standard InChI is InChI=1S/C15H12F3N3O4/c1-21-13(23)7-6-11(20-21)14(24)25-8-12(22)19-10-4-2-9(3-5-10)15(16,17)18/h2-7H,8H2,1H3,(H,19,22). The SMILES string of the molecule is Cn1nc(C(=O)OCC(=O)Nc2ccc(C(F)(F)F)cc2)ccc1=O. The second-order valence-electron chi connectivity index (χ2n) is 4.88. The van der Waals surface area contributed by atoms with Crippen LogP contribution in [0.25, 0.3) is 0 Å². The van der Waals surface area contributed by atoms with E-state index in [-0.39, 0.29) is 11.4 Å². The first-order valence-electron chi connectivity index (χ1n) is 6.85. The molecular formula is C15H12F3N3O4. The molecule has 0 saturated heterocycles. The number of esters is 1. The van der Waals surface area contributed by atoms with Gasteiger partial charge in [0.05, 0.1) is 5.56 Å².